The number of fused-ring (bicyclic) bond motifs is 16. The predicted molar refractivity (Wildman–Crippen MR) is 184 cm³/mol. The first-order chi connectivity index (χ1) is 22.3. The van der Waals surface area contributed by atoms with Crippen molar-refractivity contribution in [3.8, 4) is 34.4 Å². The van der Waals surface area contributed by atoms with Crippen molar-refractivity contribution in [2.75, 3.05) is 0 Å². The molecule has 9 rings (SSSR count). The molecule has 4 aromatic carbocycles. The van der Waals surface area contributed by atoms with Crippen LogP contribution < -0.4 is 9.97 Å². The van der Waals surface area contributed by atoms with Crippen LogP contribution in [0.1, 0.15) is 50.5 Å². The van der Waals surface area contributed by atoms with Crippen LogP contribution in [-0.4, -0.2) is 19.1 Å². The quantitative estimate of drug-likeness (QED) is 0.176. The zero-order chi connectivity index (χ0) is 31.2. The molecule has 1 aliphatic rings. The molecule has 7 heteroatoms. The monoisotopic (exact) mass is 791 g/mol. The fourth-order valence-corrected chi connectivity index (χ4v) is 7.06. The van der Waals surface area contributed by atoms with E-state index in [0.717, 1.165) is 78.7 Å². The average molecular weight is 792 g/mol. The van der Waals surface area contributed by atoms with Crippen molar-refractivity contribution in [1.29, 1.82) is 0 Å². The van der Waals surface area contributed by atoms with E-state index in [2.05, 4.69) is 146 Å². The third-order valence-corrected chi connectivity index (χ3v) is 9.69. The summed E-state index contributed by atoms with van der Waals surface area (Å²) in [7, 11) is 0. The van der Waals surface area contributed by atoms with E-state index in [1.54, 1.807) is 0 Å². The van der Waals surface area contributed by atoms with Crippen LogP contribution in [0.4, 0.5) is 0 Å². The third kappa shape index (κ3) is 4.28. The zero-order valence-corrected chi connectivity index (χ0v) is 28.8. The average Bonchev–Trinajstić information content (AvgIpc) is 3.87. The molecule has 0 N–H and O–H groups in total. The largest absolute Gasteiger partial charge is 2.00 e. The number of imidazole rings is 2. The van der Waals surface area contributed by atoms with Crippen LogP contribution >= 0.6 is 0 Å². The molecule has 0 fully saturated rings. The van der Waals surface area contributed by atoms with Gasteiger partial charge in [0.2, 0.25) is 0 Å². The third-order valence-electron chi connectivity index (χ3n) is 9.69. The van der Waals surface area contributed by atoms with Gasteiger partial charge >= 0.3 is 21.1 Å². The SMILES string of the molecule is CC1(C)c2cn(-c3ccccc3)c(n2)-c2[n-]c(c3ccccc23)C(C)(C)c2cn(-c3ccccc3)c(n2)-c2[n-]c1c1ccccc21.[Pt+2]. The normalized spacial score (nSPS) is 14.6. The molecule has 1 aliphatic heterocycles. The van der Waals surface area contributed by atoms with Gasteiger partial charge in [-0.05, 0) is 45.8 Å². The number of aromatic nitrogens is 6. The van der Waals surface area contributed by atoms with Crippen LogP contribution in [0.15, 0.2) is 122 Å². The van der Waals surface area contributed by atoms with Gasteiger partial charge in [-0.25, -0.2) is 9.97 Å². The summed E-state index contributed by atoms with van der Waals surface area (Å²) in [4.78, 5) is 21.8. The van der Waals surface area contributed by atoms with Crippen molar-refractivity contribution in [2.45, 2.75) is 38.5 Å². The molecule has 0 spiro atoms. The molecule has 0 saturated carbocycles. The Bertz CT molecular complexity index is 2250. The van der Waals surface area contributed by atoms with Gasteiger partial charge in [-0.3, -0.25) is 0 Å². The molecule has 6 nitrogen and oxygen atoms in total. The van der Waals surface area contributed by atoms with Crippen molar-refractivity contribution in [3.63, 3.8) is 0 Å². The Balaban J connectivity index is 0.00000324. The first-order valence-electron chi connectivity index (χ1n) is 15.8. The number of rotatable bonds is 2. The van der Waals surface area contributed by atoms with E-state index < -0.39 is 10.8 Å². The second-order valence-corrected chi connectivity index (χ2v) is 13.3. The van der Waals surface area contributed by atoms with Gasteiger partial charge in [-0.15, -0.1) is 11.4 Å². The van der Waals surface area contributed by atoms with Crippen molar-refractivity contribution in [2.24, 2.45) is 0 Å². The van der Waals surface area contributed by atoms with Gasteiger partial charge in [-0.2, -0.15) is 0 Å². The van der Waals surface area contributed by atoms with Gasteiger partial charge in [-0.1, -0.05) is 124 Å². The Kier molecular flexibility index (Phi) is 6.61. The minimum absolute atomic E-state index is 0. The van der Waals surface area contributed by atoms with E-state index in [0.29, 0.717) is 0 Å². The Morgan fingerprint density at radius 2 is 0.809 bits per heavy atom. The summed E-state index contributed by atoms with van der Waals surface area (Å²) in [5.74, 6) is 1.63. The second-order valence-electron chi connectivity index (χ2n) is 13.3. The molecule has 0 radical (unpaired) electrons. The molecular weight excluding hydrogens is 760 g/mol. The Labute approximate surface area is 287 Å². The fourth-order valence-electron chi connectivity index (χ4n) is 7.06. The summed E-state index contributed by atoms with van der Waals surface area (Å²) in [6, 6.07) is 37.9. The van der Waals surface area contributed by atoms with Crippen molar-refractivity contribution >= 4 is 21.5 Å². The van der Waals surface area contributed by atoms with Gasteiger partial charge in [0, 0.05) is 34.6 Å². The number of para-hydroxylation sites is 2. The molecule has 0 unspecified atom stereocenters. The van der Waals surface area contributed by atoms with Crippen molar-refractivity contribution in [1.82, 2.24) is 29.1 Å². The Morgan fingerprint density at radius 3 is 1.19 bits per heavy atom. The van der Waals surface area contributed by atoms with Crippen molar-refractivity contribution in [3.05, 3.63) is 144 Å². The van der Waals surface area contributed by atoms with Crippen LogP contribution in [0.2, 0.25) is 0 Å². The van der Waals surface area contributed by atoms with E-state index in [1.807, 2.05) is 12.1 Å². The van der Waals surface area contributed by atoms with Gasteiger partial charge in [0.1, 0.15) is 11.6 Å². The van der Waals surface area contributed by atoms with E-state index in [-0.39, 0.29) is 21.1 Å². The number of benzene rings is 4. The first-order valence-corrected chi connectivity index (χ1v) is 15.8. The number of nitrogens with zero attached hydrogens (tertiary/aromatic N) is 6. The Hall–Kier alpha value is -4.93. The molecule has 0 saturated heterocycles. The minimum Gasteiger partial charge on any atom is -0.657 e. The molecule has 0 atom stereocenters. The van der Waals surface area contributed by atoms with Crippen LogP contribution in [0.5, 0.6) is 0 Å². The standard InChI is InChI=1S/C40H32N6.Pt/c1-39(2)31-23-45(25-15-7-5-8-16-25)37(41-31)34-28-20-12-14-22-30(28)36(44-34)40(3,4)32-24-46(26-17-9-6-10-18-26)38(42-32)33-27-19-11-13-21-29(27)35(39)43-33;/h5-24H,1-4H3;/q-2;+2. The predicted octanol–water partition coefficient (Wildman–Crippen LogP) is 8.58. The first kappa shape index (κ1) is 29.5. The second kappa shape index (κ2) is 10.5. The smallest absolute Gasteiger partial charge is 0.657 e. The van der Waals surface area contributed by atoms with Crippen LogP contribution in [0.3, 0.4) is 0 Å². The van der Waals surface area contributed by atoms with E-state index in [9.17, 15) is 0 Å². The van der Waals surface area contributed by atoms with E-state index in [4.69, 9.17) is 19.9 Å². The summed E-state index contributed by atoms with van der Waals surface area (Å²) >= 11 is 0. The summed E-state index contributed by atoms with van der Waals surface area (Å²) in [5.41, 5.74) is 6.55. The summed E-state index contributed by atoms with van der Waals surface area (Å²) in [5, 5.41) is 4.37. The van der Waals surface area contributed by atoms with Crippen LogP contribution in [-0.2, 0) is 31.9 Å². The maximum Gasteiger partial charge on any atom is 2.00 e. The molecule has 0 aliphatic carbocycles. The topological polar surface area (TPSA) is 63.8 Å². The molecule has 4 aromatic heterocycles. The summed E-state index contributed by atoms with van der Waals surface area (Å²) < 4.78 is 4.38. The van der Waals surface area contributed by atoms with Crippen LogP contribution in [0.25, 0.3) is 56.0 Å². The van der Waals surface area contributed by atoms with Gasteiger partial charge < -0.3 is 19.1 Å². The van der Waals surface area contributed by atoms with Gasteiger partial charge in [0.15, 0.2) is 0 Å². The molecule has 0 amide bonds. The zero-order valence-electron chi connectivity index (χ0n) is 26.5. The molecule has 8 bridgehead atoms. The molecule has 5 heterocycles. The van der Waals surface area contributed by atoms with Gasteiger partial charge in [0.25, 0.3) is 0 Å². The Morgan fingerprint density at radius 1 is 0.468 bits per heavy atom. The summed E-state index contributed by atoms with van der Waals surface area (Å²) in [6.07, 6.45) is 4.34. The van der Waals surface area contributed by atoms with Gasteiger partial charge in [0.05, 0.1) is 11.4 Å². The molecule has 47 heavy (non-hydrogen) atoms. The van der Waals surface area contributed by atoms with E-state index in [1.165, 1.54) is 0 Å². The fraction of sp³-hybridized carbons (Fsp3) is 0.150. The minimum atomic E-state index is -0.533. The van der Waals surface area contributed by atoms with Crippen LogP contribution in [0, 0.1) is 0 Å². The molecule has 8 aromatic rings. The van der Waals surface area contributed by atoms with E-state index >= 15 is 0 Å². The maximum atomic E-state index is 5.47. The molecule has 232 valence electrons. The molecular formula is C40H32N6Pt. The maximum absolute atomic E-state index is 5.47. The summed E-state index contributed by atoms with van der Waals surface area (Å²) in [6.45, 7) is 8.89. The number of hydrogen-bond donors (Lipinski definition) is 0. The number of hydrogen-bond acceptors (Lipinski definition) is 2. The van der Waals surface area contributed by atoms with Crippen molar-refractivity contribution < 1.29 is 21.1 Å².